The van der Waals surface area contributed by atoms with Crippen LogP contribution in [-0.4, -0.2) is 23.8 Å². The van der Waals surface area contributed by atoms with E-state index in [0.717, 1.165) is 40.4 Å². The summed E-state index contributed by atoms with van der Waals surface area (Å²) in [6.45, 7) is 3.43. The van der Waals surface area contributed by atoms with Gasteiger partial charge >= 0.3 is 5.97 Å². The zero-order valence-corrected chi connectivity index (χ0v) is 22.6. The van der Waals surface area contributed by atoms with Crippen LogP contribution in [0.15, 0.2) is 103 Å². The molecular weight excluding hydrogens is 494 g/mol. The fraction of sp³-hybridized carbons (Fsp3) is 0.194. The van der Waals surface area contributed by atoms with Gasteiger partial charge in [-0.3, -0.25) is 0 Å². The maximum Gasteiger partial charge on any atom is 0.355 e. The number of benzene rings is 5. The highest BCUT2D eigenvalue weighted by atomic mass is 16.5. The Labute approximate surface area is 233 Å². The molecule has 6 aromatic rings. The van der Waals surface area contributed by atoms with E-state index in [0.29, 0.717) is 31.4 Å². The van der Waals surface area contributed by atoms with Crippen molar-refractivity contribution in [1.82, 2.24) is 4.57 Å². The van der Waals surface area contributed by atoms with Gasteiger partial charge in [-0.25, -0.2) is 4.79 Å². The van der Waals surface area contributed by atoms with Crippen molar-refractivity contribution in [2.24, 2.45) is 0 Å². The summed E-state index contributed by atoms with van der Waals surface area (Å²) in [4.78, 5) is 13.5. The van der Waals surface area contributed by atoms with E-state index in [1.165, 1.54) is 27.3 Å². The Bertz CT molecular complexity index is 1880. The highest BCUT2D eigenvalue weighted by molar-refractivity contribution is 6.00. The Balaban J connectivity index is 1.19. The number of nitrogens with zero attached hydrogens (tertiary/aromatic N) is 1. The lowest BCUT2D eigenvalue weighted by atomic mass is 10.0. The van der Waals surface area contributed by atoms with Crippen LogP contribution in [0.4, 0.5) is 0 Å². The number of ether oxygens (including phenoxy) is 2. The summed E-state index contributed by atoms with van der Waals surface area (Å²) in [7, 11) is 0. The Morgan fingerprint density at radius 1 is 0.775 bits per heavy atom. The molecule has 1 atom stereocenters. The summed E-state index contributed by atoms with van der Waals surface area (Å²) in [5, 5.41) is 5.99. The van der Waals surface area contributed by atoms with Crippen LogP contribution in [0.1, 0.15) is 46.4 Å². The smallest absolute Gasteiger partial charge is 0.355 e. The molecule has 0 N–H and O–H groups in total. The lowest BCUT2D eigenvalue weighted by Gasteiger charge is -2.13. The van der Waals surface area contributed by atoms with Crippen molar-refractivity contribution in [1.29, 1.82) is 0 Å². The van der Waals surface area contributed by atoms with Crippen LogP contribution in [0, 0.1) is 0 Å². The molecule has 5 aromatic carbocycles. The summed E-state index contributed by atoms with van der Waals surface area (Å²) in [5.74, 6) is 0.959. The molecule has 4 nitrogen and oxygen atoms in total. The molecule has 0 amide bonds. The number of carbonyl (C=O) groups is 1. The van der Waals surface area contributed by atoms with Crippen LogP contribution in [-0.2, 0) is 17.7 Å². The second kappa shape index (κ2) is 10.2. The quantitative estimate of drug-likeness (QED) is 0.141. The normalized spacial score (nSPS) is 14.0. The molecule has 198 valence electrons. The summed E-state index contributed by atoms with van der Waals surface area (Å²) < 4.78 is 14.0. The number of hydrogen-bond donors (Lipinski definition) is 0. The fourth-order valence-corrected chi connectivity index (χ4v) is 6.29. The van der Waals surface area contributed by atoms with E-state index in [2.05, 4.69) is 77.4 Å². The average Bonchev–Trinajstić information content (AvgIpc) is 3.62. The topological polar surface area (TPSA) is 40.5 Å². The van der Waals surface area contributed by atoms with Gasteiger partial charge in [-0.2, -0.15) is 0 Å². The Morgan fingerprint density at radius 3 is 2.30 bits per heavy atom. The number of hydrogen-bond acceptors (Lipinski definition) is 3. The third kappa shape index (κ3) is 4.21. The van der Waals surface area contributed by atoms with Gasteiger partial charge < -0.3 is 14.0 Å². The summed E-state index contributed by atoms with van der Waals surface area (Å²) in [5.41, 5.74) is 5.62. The zero-order valence-electron chi connectivity index (χ0n) is 22.6. The highest BCUT2D eigenvalue weighted by Crippen LogP contribution is 2.50. The summed E-state index contributed by atoms with van der Waals surface area (Å²) in [6, 6.07) is 35.8. The van der Waals surface area contributed by atoms with Gasteiger partial charge in [0.25, 0.3) is 0 Å². The van der Waals surface area contributed by atoms with Gasteiger partial charge in [0.1, 0.15) is 11.4 Å². The molecular formula is C36H31NO3. The van der Waals surface area contributed by atoms with E-state index < -0.39 is 0 Å². The van der Waals surface area contributed by atoms with Crippen molar-refractivity contribution in [3.8, 4) is 5.75 Å². The minimum atomic E-state index is -0.252. The van der Waals surface area contributed by atoms with Gasteiger partial charge in [0, 0.05) is 28.8 Å². The third-order valence-electron chi connectivity index (χ3n) is 8.13. The molecule has 4 heteroatoms. The van der Waals surface area contributed by atoms with Crippen LogP contribution in [0.3, 0.4) is 0 Å². The van der Waals surface area contributed by atoms with Gasteiger partial charge in [-0.1, -0.05) is 91.0 Å². The van der Waals surface area contributed by atoms with Crippen molar-refractivity contribution in [3.63, 3.8) is 0 Å². The van der Waals surface area contributed by atoms with Crippen LogP contribution in [0.5, 0.6) is 5.75 Å². The van der Waals surface area contributed by atoms with Crippen LogP contribution < -0.4 is 4.74 Å². The van der Waals surface area contributed by atoms with Crippen LogP contribution >= 0.6 is 0 Å². The van der Waals surface area contributed by atoms with Gasteiger partial charge in [0.15, 0.2) is 0 Å². The maximum atomic E-state index is 13.5. The Hall–Kier alpha value is -4.57. The van der Waals surface area contributed by atoms with Crippen molar-refractivity contribution in [2.45, 2.75) is 32.2 Å². The van der Waals surface area contributed by atoms with Crippen LogP contribution in [0.25, 0.3) is 32.4 Å². The molecule has 1 aliphatic carbocycles. The van der Waals surface area contributed by atoms with E-state index in [-0.39, 0.29) is 5.97 Å². The minimum absolute atomic E-state index is 0.252. The van der Waals surface area contributed by atoms with E-state index in [9.17, 15) is 4.79 Å². The number of esters is 1. The molecule has 1 aromatic heterocycles. The third-order valence-corrected chi connectivity index (χ3v) is 8.13. The predicted octanol–water partition coefficient (Wildman–Crippen LogP) is 8.28. The SMILES string of the molecule is CCOC(=O)c1c(CC2c3ccc4ccccc4c32)c2ccccc2n1CCCOc1cccc2ccccc12. The number of aromatic nitrogens is 1. The molecule has 0 saturated carbocycles. The number of fused-ring (bicyclic) bond motifs is 5. The van der Waals surface area contributed by atoms with E-state index in [4.69, 9.17) is 9.47 Å². The molecule has 0 aliphatic heterocycles. The van der Waals surface area contributed by atoms with Crippen molar-refractivity contribution < 1.29 is 14.3 Å². The van der Waals surface area contributed by atoms with Gasteiger partial charge in [0.2, 0.25) is 0 Å². The summed E-state index contributed by atoms with van der Waals surface area (Å²) >= 11 is 0. The van der Waals surface area contributed by atoms with Gasteiger partial charge in [0.05, 0.1) is 13.2 Å². The average molecular weight is 526 g/mol. The molecule has 0 bridgehead atoms. The monoisotopic (exact) mass is 525 g/mol. The van der Waals surface area contributed by atoms with Crippen molar-refractivity contribution in [2.75, 3.05) is 13.2 Å². The molecule has 0 radical (unpaired) electrons. The number of para-hydroxylation sites is 1. The number of rotatable bonds is 9. The lowest BCUT2D eigenvalue weighted by molar-refractivity contribution is 0.0512. The summed E-state index contributed by atoms with van der Waals surface area (Å²) in [6.07, 6.45) is 1.56. The standard InChI is InChI=1S/C36H31NO3/c1-2-39-36(38)35-31(23-30-29-20-19-25-12-4-6-15-27(25)34(29)30)28-16-7-8-17-32(28)37(35)21-10-22-40-33-18-9-13-24-11-3-5-14-26(24)33/h3-9,11-20,30H,2,10,21-23H2,1H3. The number of carbonyl (C=O) groups excluding carboxylic acids is 1. The fourth-order valence-electron chi connectivity index (χ4n) is 6.29. The predicted molar refractivity (Wildman–Crippen MR) is 161 cm³/mol. The first-order valence-electron chi connectivity index (χ1n) is 14.1. The molecule has 40 heavy (non-hydrogen) atoms. The van der Waals surface area contributed by atoms with Crippen molar-refractivity contribution in [3.05, 3.63) is 126 Å². The molecule has 1 heterocycles. The highest BCUT2D eigenvalue weighted by Gasteiger charge is 2.37. The molecule has 1 aliphatic rings. The minimum Gasteiger partial charge on any atom is -0.493 e. The lowest BCUT2D eigenvalue weighted by Crippen LogP contribution is -2.16. The zero-order chi connectivity index (χ0) is 27.1. The molecule has 1 unspecified atom stereocenters. The molecule has 0 saturated heterocycles. The number of aryl methyl sites for hydroxylation is 1. The van der Waals surface area contributed by atoms with Crippen molar-refractivity contribution >= 4 is 38.4 Å². The Morgan fingerprint density at radius 2 is 1.48 bits per heavy atom. The van der Waals surface area contributed by atoms with Gasteiger partial charge in [-0.05, 0) is 64.7 Å². The van der Waals surface area contributed by atoms with E-state index in [1.807, 2.05) is 37.3 Å². The second-order valence-corrected chi connectivity index (χ2v) is 10.4. The molecule has 7 rings (SSSR count). The van der Waals surface area contributed by atoms with Crippen LogP contribution in [0.2, 0.25) is 0 Å². The molecule has 0 fully saturated rings. The Kier molecular flexibility index (Phi) is 6.24. The van der Waals surface area contributed by atoms with E-state index in [1.54, 1.807) is 0 Å². The van der Waals surface area contributed by atoms with Gasteiger partial charge in [-0.15, -0.1) is 0 Å². The second-order valence-electron chi connectivity index (χ2n) is 10.4. The van der Waals surface area contributed by atoms with E-state index >= 15 is 0 Å². The first-order chi connectivity index (χ1) is 19.7. The maximum absolute atomic E-state index is 13.5. The first-order valence-corrected chi connectivity index (χ1v) is 14.1. The largest absolute Gasteiger partial charge is 0.493 e. The molecule has 0 spiro atoms. The first kappa shape index (κ1) is 24.5.